The van der Waals surface area contributed by atoms with Gasteiger partial charge in [0.05, 0.1) is 12.2 Å². The average Bonchev–Trinajstić information content (AvgIpc) is 2.53. The molecule has 1 aromatic carbocycles. The van der Waals surface area contributed by atoms with Crippen molar-refractivity contribution in [3.05, 3.63) is 41.1 Å². The van der Waals surface area contributed by atoms with Crippen molar-refractivity contribution in [3.8, 4) is 0 Å². The first-order chi connectivity index (χ1) is 11.8. The quantitative estimate of drug-likeness (QED) is 0.810. The first-order valence-corrected chi connectivity index (χ1v) is 9.38. The molecule has 0 fully saturated rings. The van der Waals surface area contributed by atoms with Crippen molar-refractivity contribution in [2.75, 3.05) is 25.6 Å². The van der Waals surface area contributed by atoms with Crippen molar-refractivity contribution in [1.82, 2.24) is 5.32 Å². The van der Waals surface area contributed by atoms with Crippen LogP contribution in [0.4, 0.5) is 5.69 Å². The van der Waals surface area contributed by atoms with Gasteiger partial charge in [0.15, 0.2) is 5.17 Å². The van der Waals surface area contributed by atoms with Crippen molar-refractivity contribution in [2.24, 2.45) is 4.99 Å². The first kappa shape index (κ1) is 19.4. The van der Waals surface area contributed by atoms with Gasteiger partial charge in [0, 0.05) is 30.7 Å². The highest BCUT2D eigenvalue weighted by atomic mass is 32.2. The van der Waals surface area contributed by atoms with Crippen LogP contribution in [-0.4, -0.2) is 37.1 Å². The molecule has 1 aliphatic heterocycles. The fourth-order valence-corrected chi connectivity index (χ4v) is 3.42. The van der Waals surface area contributed by atoms with E-state index in [1.165, 1.54) is 0 Å². The van der Waals surface area contributed by atoms with Crippen molar-refractivity contribution in [1.29, 1.82) is 0 Å². The van der Waals surface area contributed by atoms with Gasteiger partial charge < -0.3 is 15.0 Å². The zero-order valence-corrected chi connectivity index (χ0v) is 16.6. The number of benzene rings is 1. The zero-order chi connectivity index (χ0) is 18.6. The number of nitrogens with one attached hydrogen (secondary N) is 1. The molecule has 0 saturated heterocycles. The number of aliphatic imine (C=N–C) groups is 1. The van der Waals surface area contributed by atoms with Gasteiger partial charge in [0.1, 0.15) is 6.04 Å². The molecule has 0 aliphatic carbocycles. The second-order valence-electron chi connectivity index (χ2n) is 6.37. The van der Waals surface area contributed by atoms with E-state index >= 15 is 0 Å². The van der Waals surface area contributed by atoms with Crippen LogP contribution in [0.5, 0.6) is 0 Å². The van der Waals surface area contributed by atoms with E-state index in [4.69, 9.17) is 9.73 Å². The molecule has 0 spiro atoms. The molecule has 5 nitrogen and oxygen atoms in total. The van der Waals surface area contributed by atoms with E-state index in [0.717, 1.165) is 22.1 Å². The largest absolute Gasteiger partial charge is 0.463 e. The SMILES string of the molecule is CCOC(=O)C1=C(C)NC(SC(C)C)=N[C@H]1c1ccc(N(C)C)cc1. The molecule has 1 aromatic rings. The topological polar surface area (TPSA) is 53.9 Å². The molecule has 6 heteroatoms. The lowest BCUT2D eigenvalue weighted by atomic mass is 9.96. The minimum Gasteiger partial charge on any atom is -0.463 e. The number of amidine groups is 1. The van der Waals surface area contributed by atoms with E-state index in [1.54, 1.807) is 11.8 Å². The van der Waals surface area contributed by atoms with E-state index < -0.39 is 0 Å². The molecular formula is C19H27N3O2S. The summed E-state index contributed by atoms with van der Waals surface area (Å²) in [6, 6.07) is 7.79. The number of allylic oxidation sites excluding steroid dienone is 1. The fourth-order valence-electron chi connectivity index (χ4n) is 2.60. The van der Waals surface area contributed by atoms with Crippen LogP contribution in [-0.2, 0) is 9.53 Å². The summed E-state index contributed by atoms with van der Waals surface area (Å²) in [6.07, 6.45) is 0. The fraction of sp³-hybridized carbons (Fsp3) is 0.474. The Bertz CT molecular complexity index is 678. The van der Waals surface area contributed by atoms with Crippen molar-refractivity contribution in [2.45, 2.75) is 39.0 Å². The van der Waals surface area contributed by atoms with E-state index in [2.05, 4.69) is 19.2 Å². The number of hydrogen-bond acceptors (Lipinski definition) is 6. The minimum absolute atomic E-state index is 0.313. The minimum atomic E-state index is -0.349. The molecule has 1 atom stereocenters. The molecule has 1 N–H and O–H groups in total. The lowest BCUT2D eigenvalue weighted by molar-refractivity contribution is -0.138. The molecular weight excluding hydrogens is 334 g/mol. The van der Waals surface area contributed by atoms with E-state index in [-0.39, 0.29) is 12.0 Å². The predicted molar refractivity (Wildman–Crippen MR) is 106 cm³/mol. The maximum absolute atomic E-state index is 12.5. The van der Waals surface area contributed by atoms with Gasteiger partial charge in [-0.15, -0.1) is 0 Å². The highest BCUT2D eigenvalue weighted by molar-refractivity contribution is 8.14. The summed E-state index contributed by atoms with van der Waals surface area (Å²) in [5.41, 5.74) is 3.47. The Hall–Kier alpha value is -1.95. The lowest BCUT2D eigenvalue weighted by Gasteiger charge is -2.26. The molecule has 2 rings (SSSR count). The third kappa shape index (κ3) is 4.78. The predicted octanol–water partition coefficient (Wildman–Crippen LogP) is 3.73. The Morgan fingerprint density at radius 3 is 2.48 bits per heavy atom. The summed E-state index contributed by atoms with van der Waals surface area (Å²) in [5, 5.41) is 4.49. The van der Waals surface area contributed by atoms with Crippen LogP contribution in [0.2, 0.25) is 0 Å². The zero-order valence-electron chi connectivity index (χ0n) is 15.8. The Kier molecular flexibility index (Phi) is 6.53. The van der Waals surface area contributed by atoms with Gasteiger partial charge in [0.25, 0.3) is 0 Å². The van der Waals surface area contributed by atoms with Crippen molar-refractivity contribution < 1.29 is 9.53 Å². The summed E-state index contributed by atoms with van der Waals surface area (Å²) in [5.74, 6) is -0.313. The normalized spacial score (nSPS) is 17.2. The van der Waals surface area contributed by atoms with E-state index in [9.17, 15) is 4.79 Å². The molecule has 136 valence electrons. The molecule has 0 bridgehead atoms. The van der Waals surface area contributed by atoms with Crippen LogP contribution in [0.1, 0.15) is 39.3 Å². The van der Waals surface area contributed by atoms with E-state index in [0.29, 0.717) is 17.4 Å². The highest BCUT2D eigenvalue weighted by Crippen LogP contribution is 2.34. The molecule has 0 aromatic heterocycles. The summed E-state index contributed by atoms with van der Waals surface area (Å²) in [4.78, 5) is 19.3. The smallest absolute Gasteiger partial charge is 0.338 e. The Morgan fingerprint density at radius 2 is 1.96 bits per heavy atom. The summed E-state index contributed by atoms with van der Waals surface area (Å²) >= 11 is 1.66. The summed E-state index contributed by atoms with van der Waals surface area (Å²) in [7, 11) is 4.01. The Morgan fingerprint density at radius 1 is 1.32 bits per heavy atom. The molecule has 1 aliphatic rings. The average molecular weight is 362 g/mol. The molecule has 0 unspecified atom stereocenters. The van der Waals surface area contributed by atoms with Crippen LogP contribution in [0.25, 0.3) is 0 Å². The van der Waals surface area contributed by atoms with Gasteiger partial charge in [-0.05, 0) is 31.5 Å². The number of esters is 1. The van der Waals surface area contributed by atoms with Crippen molar-refractivity contribution >= 4 is 28.6 Å². The van der Waals surface area contributed by atoms with E-state index in [1.807, 2.05) is 57.1 Å². The van der Waals surface area contributed by atoms with Crippen LogP contribution >= 0.6 is 11.8 Å². The number of hydrogen-bond donors (Lipinski definition) is 1. The number of anilines is 1. The number of rotatable bonds is 5. The number of carbonyl (C=O) groups is 1. The van der Waals surface area contributed by atoms with Crippen molar-refractivity contribution in [3.63, 3.8) is 0 Å². The maximum Gasteiger partial charge on any atom is 0.338 e. The van der Waals surface area contributed by atoms with Crippen LogP contribution in [0, 0.1) is 0 Å². The first-order valence-electron chi connectivity index (χ1n) is 8.50. The maximum atomic E-state index is 12.5. The highest BCUT2D eigenvalue weighted by Gasteiger charge is 2.30. The lowest BCUT2D eigenvalue weighted by Crippen LogP contribution is -2.31. The summed E-state index contributed by atoms with van der Waals surface area (Å²) < 4.78 is 5.26. The van der Waals surface area contributed by atoms with Crippen LogP contribution in [0.3, 0.4) is 0 Å². The standard InChI is InChI=1S/C19H27N3O2S/c1-7-24-18(23)16-13(4)20-19(25-12(2)3)21-17(16)14-8-10-15(11-9-14)22(5)6/h8-12,17H,7H2,1-6H3,(H,20,21)/t17-/m0/s1. The third-order valence-corrected chi connectivity index (χ3v) is 4.69. The summed E-state index contributed by atoms with van der Waals surface area (Å²) in [6.45, 7) is 8.31. The van der Waals surface area contributed by atoms with Gasteiger partial charge in [-0.2, -0.15) is 0 Å². The third-order valence-electron chi connectivity index (χ3n) is 3.79. The van der Waals surface area contributed by atoms with Gasteiger partial charge in [-0.25, -0.2) is 9.79 Å². The molecule has 0 saturated carbocycles. The number of carbonyl (C=O) groups excluding carboxylic acids is 1. The number of nitrogens with zero attached hydrogens (tertiary/aromatic N) is 2. The van der Waals surface area contributed by atoms with Gasteiger partial charge in [-0.3, -0.25) is 0 Å². The number of thioether (sulfide) groups is 1. The number of ether oxygens (including phenoxy) is 1. The monoisotopic (exact) mass is 361 g/mol. The van der Waals surface area contributed by atoms with Gasteiger partial charge in [-0.1, -0.05) is 37.7 Å². The van der Waals surface area contributed by atoms with Gasteiger partial charge >= 0.3 is 5.97 Å². The molecule has 1 heterocycles. The second-order valence-corrected chi connectivity index (χ2v) is 7.94. The molecule has 0 amide bonds. The van der Waals surface area contributed by atoms with Gasteiger partial charge in [0.2, 0.25) is 0 Å². The molecule has 0 radical (unpaired) electrons. The Labute approximate surface area is 154 Å². The Balaban J connectivity index is 2.42. The second kappa shape index (κ2) is 8.43. The van der Waals surface area contributed by atoms with Crippen LogP contribution in [0.15, 0.2) is 40.5 Å². The molecule has 25 heavy (non-hydrogen) atoms. The van der Waals surface area contributed by atoms with Crippen LogP contribution < -0.4 is 10.2 Å².